The van der Waals surface area contributed by atoms with Crippen LogP contribution in [0, 0.1) is 12.8 Å². The van der Waals surface area contributed by atoms with E-state index in [1.54, 1.807) is 0 Å². The molecule has 1 spiro atoms. The molecule has 4 heterocycles. The summed E-state index contributed by atoms with van der Waals surface area (Å²) in [4.78, 5) is 45.2. The highest BCUT2D eigenvalue weighted by Gasteiger charge is 2.68. The van der Waals surface area contributed by atoms with Crippen LogP contribution in [0.1, 0.15) is 93.4 Å². The van der Waals surface area contributed by atoms with Gasteiger partial charge in [0.1, 0.15) is 28.9 Å². The van der Waals surface area contributed by atoms with Crippen molar-refractivity contribution in [1.82, 2.24) is 9.97 Å². The van der Waals surface area contributed by atoms with Crippen LogP contribution in [0.15, 0.2) is 47.5 Å². The fourth-order valence-corrected chi connectivity index (χ4v) is 6.81. The Morgan fingerprint density at radius 3 is 2.57 bits per heavy atom. The van der Waals surface area contributed by atoms with Crippen LogP contribution < -0.4 is 15.1 Å². The fourth-order valence-electron chi connectivity index (χ4n) is 6.81. The Labute approximate surface area is 258 Å². The molecule has 1 saturated heterocycles. The summed E-state index contributed by atoms with van der Waals surface area (Å²) in [6.07, 6.45) is 0.0358. The van der Waals surface area contributed by atoms with Gasteiger partial charge in [-0.15, -0.1) is 0 Å². The molecular formula is C35H40N6O3. The lowest BCUT2D eigenvalue weighted by atomic mass is 9.90. The number of amides is 2. The first-order chi connectivity index (χ1) is 20.8. The molecule has 1 aromatic heterocycles. The summed E-state index contributed by atoms with van der Waals surface area (Å²) in [6, 6.07) is 14.3. The van der Waals surface area contributed by atoms with Gasteiger partial charge in [0.2, 0.25) is 5.91 Å². The summed E-state index contributed by atoms with van der Waals surface area (Å²) in [5.74, 6) is 3.97. The van der Waals surface area contributed by atoms with Gasteiger partial charge in [0.15, 0.2) is 0 Å². The van der Waals surface area contributed by atoms with E-state index >= 15 is 0 Å². The number of aromatic nitrogens is 2. The number of anilines is 3. The van der Waals surface area contributed by atoms with E-state index in [-0.39, 0.29) is 17.7 Å². The van der Waals surface area contributed by atoms with Gasteiger partial charge in [-0.25, -0.2) is 19.7 Å². The molecular weight excluding hydrogens is 552 g/mol. The smallest absolute Gasteiger partial charge is 0.421 e. The van der Waals surface area contributed by atoms with Crippen molar-refractivity contribution in [2.45, 2.75) is 84.3 Å². The maximum atomic E-state index is 14.0. The summed E-state index contributed by atoms with van der Waals surface area (Å²) in [6.45, 7) is 16.5. The third-order valence-electron chi connectivity index (χ3n) is 9.07. The Morgan fingerprint density at radius 2 is 1.86 bits per heavy atom. The van der Waals surface area contributed by atoms with Crippen molar-refractivity contribution in [3.8, 4) is 0 Å². The van der Waals surface area contributed by atoms with Crippen LogP contribution in [0.25, 0.3) is 0 Å². The van der Waals surface area contributed by atoms with E-state index in [0.717, 1.165) is 64.2 Å². The van der Waals surface area contributed by atoms with Gasteiger partial charge in [-0.3, -0.25) is 9.79 Å². The Bertz CT molecular complexity index is 1730. The molecule has 9 heteroatoms. The highest BCUT2D eigenvalue weighted by atomic mass is 16.6. The first-order valence-corrected chi connectivity index (χ1v) is 15.6. The van der Waals surface area contributed by atoms with Crippen LogP contribution >= 0.6 is 0 Å². The van der Waals surface area contributed by atoms with E-state index in [4.69, 9.17) is 19.7 Å². The molecule has 0 bridgehead atoms. The Hall–Kier alpha value is -4.27. The molecule has 4 aliphatic rings. The number of aryl methyl sites for hydroxylation is 1. The van der Waals surface area contributed by atoms with Gasteiger partial charge in [0, 0.05) is 36.6 Å². The number of nitrogens with zero attached hydrogens (tertiary/aromatic N) is 5. The molecule has 2 atom stereocenters. The van der Waals surface area contributed by atoms with E-state index < -0.39 is 17.1 Å². The van der Waals surface area contributed by atoms with Crippen LogP contribution in [-0.2, 0) is 21.5 Å². The van der Waals surface area contributed by atoms with Crippen LogP contribution in [0.2, 0.25) is 0 Å². The second-order valence-electron chi connectivity index (χ2n) is 14.2. The molecule has 2 aromatic carbocycles. The van der Waals surface area contributed by atoms with Crippen molar-refractivity contribution in [1.29, 1.82) is 0 Å². The minimum absolute atomic E-state index is 0.0257. The number of ether oxygens (including phenoxy) is 1. The number of aliphatic imine (C=N–C) groups is 1. The molecule has 0 unspecified atom stereocenters. The summed E-state index contributed by atoms with van der Waals surface area (Å²) in [5, 5.41) is 3.48. The van der Waals surface area contributed by atoms with Crippen LogP contribution in [-0.4, -0.2) is 46.5 Å². The number of hydrogen-bond donors (Lipinski definition) is 1. The highest BCUT2D eigenvalue weighted by molar-refractivity contribution is 6.23. The second kappa shape index (κ2) is 9.87. The zero-order chi connectivity index (χ0) is 31.1. The van der Waals surface area contributed by atoms with E-state index in [2.05, 4.69) is 55.3 Å². The number of carbonyl (C=O) groups excluding carboxylic acids is 2. The number of imide groups is 1. The number of nitrogens with one attached hydrogen (secondary N) is 1. The van der Waals surface area contributed by atoms with E-state index in [1.807, 2.05) is 45.9 Å². The van der Waals surface area contributed by atoms with Gasteiger partial charge in [-0.05, 0) is 62.8 Å². The largest absolute Gasteiger partial charge is 0.443 e. The minimum atomic E-state index is -0.758. The number of amidine groups is 1. The molecule has 3 aliphatic heterocycles. The van der Waals surface area contributed by atoms with Gasteiger partial charge < -0.3 is 15.0 Å². The molecule has 2 amide bonds. The number of benzene rings is 2. The Morgan fingerprint density at radius 1 is 1.09 bits per heavy atom. The lowest BCUT2D eigenvalue weighted by Gasteiger charge is -2.38. The van der Waals surface area contributed by atoms with Crippen molar-refractivity contribution >= 4 is 35.2 Å². The topological polar surface area (TPSA) is 100 Å². The SMILES string of the molecule is Cc1ccc2c(c1)[C@]1(C[C@H]1c1ccc3c(c1)CN=C3Nc1cc(N3CC(C)C3)nc(C(C)C)n1)C(=O)N2C(=O)OC(C)(C)C. The number of carbonyl (C=O) groups is 2. The third kappa shape index (κ3) is 4.64. The van der Waals surface area contributed by atoms with E-state index in [1.165, 1.54) is 4.90 Å². The molecule has 44 heavy (non-hydrogen) atoms. The average Bonchev–Trinajstić information content (AvgIpc) is 3.51. The molecule has 3 aromatic rings. The summed E-state index contributed by atoms with van der Waals surface area (Å²) < 4.78 is 5.65. The first kappa shape index (κ1) is 28.5. The van der Waals surface area contributed by atoms with Gasteiger partial charge in [0.25, 0.3) is 0 Å². The number of fused-ring (bicyclic) bond motifs is 3. The molecule has 1 saturated carbocycles. The molecule has 7 rings (SSSR count). The standard InChI is InChI=1S/C35H40N6O3/c1-19(2)30-37-28(14-29(39-30)40-17-21(4)18-40)38-31-24-10-9-22(13-23(24)16-36-31)26-15-35(26)25-12-20(3)8-11-27(25)41(32(35)42)33(43)44-34(5,6)7/h8-14,19,21,26H,15-18H2,1-7H3,(H,36,37,38,39)/t26-,35-/m0/s1. The fraction of sp³-hybridized carbons (Fsp3) is 0.457. The third-order valence-corrected chi connectivity index (χ3v) is 9.07. The predicted octanol–water partition coefficient (Wildman–Crippen LogP) is 6.44. The van der Waals surface area contributed by atoms with Gasteiger partial charge in [-0.2, -0.15) is 0 Å². The lowest BCUT2D eigenvalue weighted by Crippen LogP contribution is -2.45. The molecule has 1 aliphatic carbocycles. The molecule has 2 fully saturated rings. The average molecular weight is 593 g/mol. The first-order valence-electron chi connectivity index (χ1n) is 15.6. The van der Waals surface area contributed by atoms with Gasteiger partial charge >= 0.3 is 6.09 Å². The number of rotatable bonds is 4. The van der Waals surface area contributed by atoms with Gasteiger partial charge in [-0.1, -0.05) is 56.7 Å². The molecule has 9 nitrogen and oxygen atoms in total. The van der Waals surface area contributed by atoms with Crippen LogP contribution in [0.5, 0.6) is 0 Å². The quantitative estimate of drug-likeness (QED) is 0.372. The minimum Gasteiger partial charge on any atom is -0.443 e. The zero-order valence-corrected chi connectivity index (χ0v) is 26.6. The van der Waals surface area contributed by atoms with Crippen LogP contribution in [0.4, 0.5) is 22.1 Å². The van der Waals surface area contributed by atoms with Crippen molar-refractivity contribution in [2.75, 3.05) is 28.2 Å². The maximum absolute atomic E-state index is 14.0. The van der Waals surface area contributed by atoms with Crippen molar-refractivity contribution in [3.05, 3.63) is 76.1 Å². The lowest BCUT2D eigenvalue weighted by molar-refractivity contribution is -0.120. The Balaban J connectivity index is 1.14. The summed E-state index contributed by atoms with van der Waals surface area (Å²) in [7, 11) is 0. The Kier molecular flexibility index (Phi) is 6.39. The predicted molar refractivity (Wildman–Crippen MR) is 172 cm³/mol. The van der Waals surface area contributed by atoms with Crippen molar-refractivity contribution in [2.24, 2.45) is 10.9 Å². The normalized spacial score (nSPS) is 22.2. The van der Waals surface area contributed by atoms with E-state index in [0.29, 0.717) is 24.6 Å². The van der Waals surface area contributed by atoms with Crippen LogP contribution in [0.3, 0.4) is 0 Å². The van der Waals surface area contributed by atoms with Crippen molar-refractivity contribution < 1.29 is 14.3 Å². The summed E-state index contributed by atoms with van der Waals surface area (Å²) in [5.41, 5.74) is 4.38. The van der Waals surface area contributed by atoms with Gasteiger partial charge in [0.05, 0.1) is 17.6 Å². The zero-order valence-electron chi connectivity index (χ0n) is 26.6. The van der Waals surface area contributed by atoms with E-state index in [9.17, 15) is 9.59 Å². The highest BCUT2D eigenvalue weighted by Crippen LogP contribution is 2.66. The molecule has 228 valence electrons. The monoisotopic (exact) mass is 592 g/mol. The maximum Gasteiger partial charge on any atom is 0.421 e. The molecule has 0 radical (unpaired) electrons. The molecule has 1 N–H and O–H groups in total. The second-order valence-corrected chi connectivity index (χ2v) is 14.2. The van der Waals surface area contributed by atoms with Crippen molar-refractivity contribution in [3.63, 3.8) is 0 Å². The summed E-state index contributed by atoms with van der Waals surface area (Å²) >= 11 is 0. The number of hydrogen-bond acceptors (Lipinski definition) is 8.